The van der Waals surface area contributed by atoms with Gasteiger partial charge < -0.3 is 9.16 Å². The summed E-state index contributed by atoms with van der Waals surface area (Å²) in [6.07, 6.45) is 15.9. The van der Waals surface area contributed by atoms with Gasteiger partial charge in [0.15, 0.2) is 8.32 Å². The Morgan fingerprint density at radius 1 is 1.00 bits per heavy atom. The topological polar surface area (TPSA) is 21.8 Å². The molecule has 0 N–H and O–H groups in total. The highest BCUT2D eigenvalue weighted by Crippen LogP contribution is 2.45. The van der Waals surface area contributed by atoms with E-state index < -0.39 is 8.32 Å². The molecule has 0 amide bonds. The van der Waals surface area contributed by atoms with Crippen molar-refractivity contribution < 1.29 is 9.16 Å². The van der Waals surface area contributed by atoms with E-state index in [1.807, 2.05) is 0 Å². The van der Waals surface area contributed by atoms with Crippen molar-refractivity contribution in [3.05, 3.63) is 11.6 Å². The predicted molar refractivity (Wildman–Crippen MR) is 104 cm³/mol. The lowest BCUT2D eigenvalue weighted by atomic mass is 9.97. The molecule has 2 nitrogen and oxygen atoms in total. The van der Waals surface area contributed by atoms with E-state index in [2.05, 4.69) is 39.9 Å². The molecule has 0 aromatic heterocycles. The number of epoxide rings is 1. The van der Waals surface area contributed by atoms with Crippen LogP contribution in [0.15, 0.2) is 11.6 Å². The van der Waals surface area contributed by atoms with Crippen LogP contribution in [-0.2, 0) is 9.16 Å². The van der Waals surface area contributed by atoms with Crippen molar-refractivity contribution in [1.82, 2.24) is 0 Å². The summed E-state index contributed by atoms with van der Waals surface area (Å²) in [5, 5.41) is 0.291. The SMILES string of the molecule is CC(C)(C)[Si](C)(C)O[C@H]1CC2=C[C@H]1CCCCCCCC[C@H]1O[C@H]21. The van der Waals surface area contributed by atoms with Crippen molar-refractivity contribution in [3.63, 3.8) is 0 Å². The average molecular weight is 351 g/mol. The highest BCUT2D eigenvalue weighted by Gasteiger charge is 2.47. The summed E-state index contributed by atoms with van der Waals surface area (Å²) in [5.74, 6) is 0.625. The van der Waals surface area contributed by atoms with Crippen molar-refractivity contribution in [2.24, 2.45) is 5.92 Å². The highest BCUT2D eigenvalue weighted by molar-refractivity contribution is 6.74. The van der Waals surface area contributed by atoms with Crippen molar-refractivity contribution in [3.8, 4) is 0 Å². The van der Waals surface area contributed by atoms with E-state index in [4.69, 9.17) is 9.16 Å². The fraction of sp³-hybridized carbons (Fsp3) is 0.905. The molecule has 24 heavy (non-hydrogen) atoms. The molecule has 1 fully saturated rings. The Hall–Kier alpha value is -0.123. The van der Waals surface area contributed by atoms with E-state index in [1.165, 1.54) is 51.4 Å². The largest absolute Gasteiger partial charge is 0.413 e. The van der Waals surface area contributed by atoms with Crippen molar-refractivity contribution in [2.45, 2.75) is 115 Å². The fourth-order valence-corrected chi connectivity index (χ4v) is 5.49. The minimum atomic E-state index is -1.70. The summed E-state index contributed by atoms with van der Waals surface area (Å²) in [6.45, 7) is 11.9. The molecule has 3 heteroatoms. The maximum Gasteiger partial charge on any atom is 0.192 e. The molecule has 1 heterocycles. The molecule has 1 aliphatic heterocycles. The van der Waals surface area contributed by atoms with E-state index in [-0.39, 0.29) is 0 Å². The minimum absolute atomic E-state index is 0.291. The lowest BCUT2D eigenvalue weighted by Gasteiger charge is -2.40. The lowest BCUT2D eigenvalue weighted by Crippen LogP contribution is -2.45. The van der Waals surface area contributed by atoms with Crippen LogP contribution in [0, 0.1) is 5.92 Å². The smallest absolute Gasteiger partial charge is 0.192 e. The van der Waals surface area contributed by atoms with Crippen molar-refractivity contribution in [1.29, 1.82) is 0 Å². The van der Waals surface area contributed by atoms with Gasteiger partial charge in [-0.15, -0.1) is 0 Å². The molecule has 0 radical (unpaired) electrons. The molecular weight excluding hydrogens is 312 g/mol. The third-order valence-corrected chi connectivity index (χ3v) is 11.3. The summed E-state index contributed by atoms with van der Waals surface area (Å²) < 4.78 is 12.9. The second kappa shape index (κ2) is 7.24. The van der Waals surface area contributed by atoms with Gasteiger partial charge in [-0.25, -0.2) is 0 Å². The zero-order valence-electron chi connectivity index (χ0n) is 16.6. The molecule has 138 valence electrons. The van der Waals surface area contributed by atoms with Gasteiger partial charge in [0, 0.05) is 5.92 Å². The van der Waals surface area contributed by atoms with E-state index in [0.29, 0.717) is 29.3 Å². The number of fused-ring (bicyclic) bond motifs is 3. The maximum absolute atomic E-state index is 6.86. The Bertz CT molecular complexity index is 463. The van der Waals surface area contributed by atoms with Gasteiger partial charge in [0.2, 0.25) is 0 Å². The van der Waals surface area contributed by atoms with Gasteiger partial charge >= 0.3 is 0 Å². The molecule has 2 bridgehead atoms. The van der Waals surface area contributed by atoms with Crippen LogP contribution in [0.4, 0.5) is 0 Å². The van der Waals surface area contributed by atoms with Crippen LogP contribution in [-0.4, -0.2) is 26.6 Å². The van der Waals surface area contributed by atoms with Crippen molar-refractivity contribution >= 4 is 8.32 Å². The van der Waals surface area contributed by atoms with Gasteiger partial charge in [-0.1, -0.05) is 65.4 Å². The molecule has 0 saturated carbocycles. The van der Waals surface area contributed by atoms with Gasteiger partial charge in [-0.3, -0.25) is 0 Å². The first-order valence-corrected chi connectivity index (χ1v) is 13.2. The van der Waals surface area contributed by atoms with Crippen molar-refractivity contribution in [2.75, 3.05) is 0 Å². The van der Waals surface area contributed by atoms with Crippen LogP contribution in [0.1, 0.15) is 78.6 Å². The summed E-state index contributed by atoms with van der Waals surface area (Å²) in [7, 11) is -1.70. The second-order valence-corrected chi connectivity index (χ2v) is 14.6. The zero-order valence-corrected chi connectivity index (χ0v) is 17.6. The molecule has 1 saturated heterocycles. The van der Waals surface area contributed by atoms with Crippen LogP contribution in [0.25, 0.3) is 0 Å². The van der Waals surface area contributed by atoms with Gasteiger partial charge in [-0.05, 0) is 43.0 Å². The molecule has 3 rings (SSSR count). The predicted octanol–water partition coefficient (Wildman–Crippen LogP) is 6.22. The molecule has 0 aromatic carbocycles. The van der Waals surface area contributed by atoms with Gasteiger partial charge in [0.05, 0.1) is 12.2 Å². The number of hydrogen-bond acceptors (Lipinski definition) is 2. The van der Waals surface area contributed by atoms with Gasteiger partial charge in [-0.2, -0.15) is 0 Å². The molecule has 0 spiro atoms. The number of ether oxygens (including phenoxy) is 1. The quantitative estimate of drug-likeness (QED) is 0.335. The van der Waals surface area contributed by atoms with Crippen LogP contribution in [0.3, 0.4) is 0 Å². The third kappa shape index (κ3) is 4.34. The first-order chi connectivity index (χ1) is 11.3. The van der Waals surface area contributed by atoms with E-state index in [1.54, 1.807) is 5.57 Å². The van der Waals surface area contributed by atoms with Gasteiger partial charge in [0.25, 0.3) is 0 Å². The first kappa shape index (κ1) is 18.7. The summed E-state index contributed by atoms with van der Waals surface area (Å²) in [5.41, 5.74) is 1.56. The number of rotatable bonds is 2. The van der Waals surface area contributed by atoms with Crippen LogP contribution in [0.2, 0.25) is 18.1 Å². The Balaban J connectivity index is 1.67. The van der Waals surface area contributed by atoms with E-state index in [0.717, 1.165) is 6.42 Å². The fourth-order valence-electron chi connectivity index (χ4n) is 4.12. The molecule has 3 aliphatic rings. The monoisotopic (exact) mass is 350 g/mol. The van der Waals surface area contributed by atoms with Crippen LogP contribution < -0.4 is 0 Å². The Labute approximate surface area is 150 Å². The van der Waals surface area contributed by atoms with Gasteiger partial charge in [0.1, 0.15) is 6.10 Å². The molecular formula is C21H38O2Si. The minimum Gasteiger partial charge on any atom is -0.413 e. The zero-order chi connectivity index (χ0) is 17.4. The summed E-state index contributed by atoms with van der Waals surface area (Å²) in [4.78, 5) is 0. The van der Waals surface area contributed by atoms with E-state index in [9.17, 15) is 0 Å². The third-order valence-electron chi connectivity index (χ3n) is 6.82. The van der Waals surface area contributed by atoms with Crippen LogP contribution >= 0.6 is 0 Å². The highest BCUT2D eigenvalue weighted by atomic mass is 28.4. The number of hydrogen-bond donors (Lipinski definition) is 0. The normalized spacial score (nSPS) is 35.3. The second-order valence-electron chi connectivity index (χ2n) is 9.82. The summed E-state index contributed by atoms with van der Waals surface area (Å²) >= 11 is 0. The first-order valence-electron chi connectivity index (χ1n) is 10.3. The van der Waals surface area contributed by atoms with E-state index >= 15 is 0 Å². The maximum atomic E-state index is 6.86. The Morgan fingerprint density at radius 3 is 2.29 bits per heavy atom. The standard InChI is InChI=1S/C21H38O2Si/c1-21(2,3)24(4,5)23-19-15-17-14-16(19)12-10-8-6-7-9-11-13-18-20(17)22-18/h14,16,18-20H,6-13,15H2,1-5H3/t16-,18-,19+,20-/m1/s1. The molecule has 0 aromatic rings. The molecule has 2 aliphatic carbocycles. The molecule has 4 atom stereocenters. The summed E-state index contributed by atoms with van der Waals surface area (Å²) in [6, 6.07) is 0. The Kier molecular flexibility index (Phi) is 5.63. The molecule has 0 unspecified atom stereocenters. The Morgan fingerprint density at radius 2 is 1.62 bits per heavy atom. The lowest BCUT2D eigenvalue weighted by molar-refractivity contribution is 0.143. The average Bonchev–Trinajstić information content (AvgIpc) is 3.14. The van der Waals surface area contributed by atoms with Crippen LogP contribution in [0.5, 0.6) is 0 Å².